The van der Waals surface area contributed by atoms with Crippen LogP contribution in [0.4, 0.5) is 34.9 Å². The van der Waals surface area contributed by atoms with E-state index in [1.165, 1.54) is 56.3 Å². The van der Waals surface area contributed by atoms with E-state index in [1.807, 2.05) is 0 Å². The summed E-state index contributed by atoms with van der Waals surface area (Å²) < 4.78 is 90.2. The Kier molecular flexibility index (Phi) is 7.96. The number of aromatic nitrogens is 3. The maximum absolute atomic E-state index is 14.2. The highest BCUT2D eigenvalue weighted by Gasteiger charge is 2.28. The quantitative estimate of drug-likeness (QED) is 0.168. The molecule has 218 valence electrons. The normalized spacial score (nSPS) is 12.8. The minimum Gasteiger partial charge on any atom is -0.484 e. The molecular weight excluding hydrogens is 572 g/mol. The first kappa shape index (κ1) is 29.4. The molecule has 2 aromatic heterocycles. The van der Waals surface area contributed by atoms with Crippen LogP contribution in [0.3, 0.4) is 0 Å². The summed E-state index contributed by atoms with van der Waals surface area (Å²) >= 11 is 0. The van der Waals surface area contributed by atoms with Crippen molar-refractivity contribution in [2.24, 2.45) is 5.73 Å². The van der Waals surface area contributed by atoms with Crippen molar-refractivity contribution in [3.05, 3.63) is 71.2 Å². The van der Waals surface area contributed by atoms with Gasteiger partial charge in [0.2, 0.25) is 0 Å². The summed E-state index contributed by atoms with van der Waals surface area (Å²) in [7, 11) is -5.08. The van der Waals surface area contributed by atoms with Gasteiger partial charge in [0.15, 0.2) is 17.2 Å². The van der Waals surface area contributed by atoms with Gasteiger partial charge >= 0.3 is 5.76 Å². The fourth-order valence-electron chi connectivity index (χ4n) is 3.67. The molecule has 11 nitrogen and oxygen atoms in total. The molecule has 41 heavy (non-hydrogen) atoms. The van der Waals surface area contributed by atoms with Crippen LogP contribution < -0.4 is 20.5 Å². The maximum atomic E-state index is 14.2. The zero-order chi connectivity index (χ0) is 30.1. The summed E-state index contributed by atoms with van der Waals surface area (Å²) in [6.45, 7) is 4.10. The molecule has 1 amide bonds. The van der Waals surface area contributed by atoms with Gasteiger partial charge in [-0.2, -0.15) is 13.9 Å². The van der Waals surface area contributed by atoms with Crippen LogP contribution in [0.2, 0.25) is 0 Å². The number of halogens is 4. The number of hydrogen-bond donors (Lipinski definition) is 4. The molecule has 0 saturated heterocycles. The number of nitrogens with two attached hydrogens (primary N) is 1. The number of sulfonamides is 1. The minimum absolute atomic E-state index is 0.0166. The minimum atomic E-state index is -5.08. The predicted molar refractivity (Wildman–Crippen MR) is 140 cm³/mol. The summed E-state index contributed by atoms with van der Waals surface area (Å²) in [4.78, 5) is 12.4. The molecule has 2 aromatic carbocycles. The molecule has 0 bridgehead atoms. The largest absolute Gasteiger partial charge is 0.484 e. The number of carbonyl (C=O) groups excluding carboxylic acids is 1. The van der Waals surface area contributed by atoms with E-state index in [1.54, 1.807) is 11.6 Å². The van der Waals surface area contributed by atoms with Crippen LogP contribution >= 0.6 is 0 Å². The molecule has 0 radical (unpaired) electrons. The molecule has 0 fully saturated rings. The summed E-state index contributed by atoms with van der Waals surface area (Å²) in [5, 5.41) is 13.1. The van der Waals surface area contributed by atoms with Gasteiger partial charge in [0, 0.05) is 11.6 Å². The van der Waals surface area contributed by atoms with Crippen molar-refractivity contribution in [3.8, 4) is 17.0 Å². The fraction of sp³-hybridized carbons (Fsp3) is 0.240. The Morgan fingerprint density at radius 3 is 2.41 bits per heavy atom. The number of rotatable bonds is 11. The van der Waals surface area contributed by atoms with Crippen LogP contribution in [-0.4, -0.2) is 35.4 Å². The second-order valence-corrected chi connectivity index (χ2v) is 10.9. The summed E-state index contributed by atoms with van der Waals surface area (Å²) in [5.74, 6) is -5.43. The van der Waals surface area contributed by atoms with E-state index in [0.29, 0.717) is 5.56 Å². The van der Waals surface area contributed by atoms with Crippen molar-refractivity contribution >= 4 is 33.3 Å². The van der Waals surface area contributed by atoms with Gasteiger partial charge in [-0.15, -0.1) is 0 Å². The number of nitrogens with zero attached hydrogens (tertiary/aromatic N) is 2. The van der Waals surface area contributed by atoms with Crippen LogP contribution in [0.15, 0.2) is 53.1 Å². The molecule has 2 heterocycles. The van der Waals surface area contributed by atoms with Gasteiger partial charge in [0.05, 0.1) is 5.69 Å². The van der Waals surface area contributed by atoms with Crippen LogP contribution in [-0.2, 0) is 15.7 Å². The van der Waals surface area contributed by atoms with Gasteiger partial charge in [-0.3, -0.25) is 14.6 Å². The number of amides is 1. The SMILES string of the molecule is CC(Oc1cc(-c2n[nH]c(Nc3cc(C(C)(C)F)on3)c2C(N)=O)ccc1NS(=O)(=O)C(F)F)c1ccc(F)cc1. The number of hydrogen-bond acceptors (Lipinski definition) is 8. The molecule has 16 heteroatoms. The highest BCUT2D eigenvalue weighted by atomic mass is 32.2. The maximum Gasteiger partial charge on any atom is 0.355 e. The first-order valence-corrected chi connectivity index (χ1v) is 13.4. The Morgan fingerprint density at radius 2 is 1.83 bits per heavy atom. The molecule has 0 aliphatic carbocycles. The van der Waals surface area contributed by atoms with Gasteiger partial charge in [-0.1, -0.05) is 23.4 Å². The molecular formula is C25H24F4N6O5S. The van der Waals surface area contributed by atoms with E-state index in [-0.39, 0.29) is 45.7 Å². The molecule has 1 unspecified atom stereocenters. The molecule has 0 saturated carbocycles. The number of alkyl halides is 3. The number of nitrogens with one attached hydrogen (secondary N) is 3. The molecule has 5 N–H and O–H groups in total. The summed E-state index contributed by atoms with van der Waals surface area (Å²) in [6, 6.07) is 10.2. The number of benzene rings is 2. The molecule has 0 aliphatic rings. The van der Waals surface area contributed by atoms with Gasteiger partial charge in [-0.05, 0) is 50.6 Å². The van der Waals surface area contributed by atoms with E-state index in [2.05, 4.69) is 20.7 Å². The first-order valence-electron chi connectivity index (χ1n) is 11.8. The third-order valence-electron chi connectivity index (χ3n) is 5.75. The van der Waals surface area contributed by atoms with Crippen LogP contribution in [0, 0.1) is 5.82 Å². The van der Waals surface area contributed by atoms with Crippen molar-refractivity contribution < 1.29 is 40.0 Å². The lowest BCUT2D eigenvalue weighted by Gasteiger charge is -2.19. The number of anilines is 3. The van der Waals surface area contributed by atoms with Gasteiger partial charge in [-0.25, -0.2) is 17.2 Å². The van der Waals surface area contributed by atoms with Crippen molar-refractivity contribution in [2.45, 2.75) is 38.3 Å². The third kappa shape index (κ3) is 6.59. The number of carbonyl (C=O) groups is 1. The molecule has 0 spiro atoms. The molecule has 1 atom stereocenters. The molecule has 0 aliphatic heterocycles. The highest BCUT2D eigenvalue weighted by Crippen LogP contribution is 2.37. The molecule has 4 rings (SSSR count). The lowest BCUT2D eigenvalue weighted by molar-refractivity contribution is 0.100. The van der Waals surface area contributed by atoms with Crippen molar-refractivity contribution in [1.82, 2.24) is 15.4 Å². The van der Waals surface area contributed by atoms with Gasteiger partial charge in [0.25, 0.3) is 15.9 Å². The van der Waals surface area contributed by atoms with Crippen LogP contribution in [0.1, 0.15) is 48.6 Å². The molecule has 4 aromatic rings. The third-order valence-corrected chi connectivity index (χ3v) is 6.72. The lowest BCUT2D eigenvalue weighted by Crippen LogP contribution is -2.21. The monoisotopic (exact) mass is 596 g/mol. The Balaban J connectivity index is 1.74. The standard InChI is InChI=1S/C25H24F4N6O5S/c1-12(13-4-7-15(26)8-5-13)39-17-10-14(6-9-16(17)35-41(37,38)24(27)28)21-20(22(30)36)23(33-32-21)31-19-11-18(40-34-19)25(2,3)29/h4-12,24,35H,1-3H3,(H2,30,36)(H2,31,32,33,34). The second kappa shape index (κ2) is 11.1. The second-order valence-electron chi connectivity index (χ2n) is 9.29. The Labute approximate surface area is 231 Å². The Hall–Kier alpha value is -4.60. The number of H-pyrrole nitrogens is 1. The zero-order valence-corrected chi connectivity index (χ0v) is 22.5. The van der Waals surface area contributed by atoms with Crippen LogP contribution in [0.25, 0.3) is 11.3 Å². The summed E-state index contributed by atoms with van der Waals surface area (Å²) in [5.41, 5.74) is 3.93. The highest BCUT2D eigenvalue weighted by molar-refractivity contribution is 7.93. The first-order chi connectivity index (χ1) is 19.2. The average molecular weight is 597 g/mol. The van der Waals surface area contributed by atoms with Crippen LogP contribution in [0.5, 0.6) is 5.75 Å². The zero-order valence-electron chi connectivity index (χ0n) is 21.7. The number of aromatic amines is 1. The smallest absolute Gasteiger partial charge is 0.355 e. The van der Waals surface area contributed by atoms with Crippen molar-refractivity contribution in [2.75, 3.05) is 10.0 Å². The predicted octanol–water partition coefficient (Wildman–Crippen LogP) is 5.36. The fourth-order valence-corrected chi connectivity index (χ4v) is 4.23. The summed E-state index contributed by atoms with van der Waals surface area (Å²) in [6.07, 6.45) is -0.797. The Bertz CT molecular complexity index is 1670. The van der Waals surface area contributed by atoms with Gasteiger partial charge < -0.3 is 20.3 Å². The van der Waals surface area contributed by atoms with E-state index >= 15 is 0 Å². The van der Waals surface area contributed by atoms with Crippen molar-refractivity contribution in [3.63, 3.8) is 0 Å². The van der Waals surface area contributed by atoms with E-state index in [0.717, 1.165) is 6.07 Å². The Morgan fingerprint density at radius 1 is 1.15 bits per heavy atom. The average Bonchev–Trinajstić information content (AvgIpc) is 3.53. The van der Waals surface area contributed by atoms with Crippen molar-refractivity contribution in [1.29, 1.82) is 0 Å². The lowest BCUT2D eigenvalue weighted by atomic mass is 10.1. The number of ether oxygens (including phenoxy) is 1. The van der Waals surface area contributed by atoms with E-state index in [9.17, 15) is 30.8 Å². The van der Waals surface area contributed by atoms with E-state index in [4.69, 9.17) is 15.0 Å². The van der Waals surface area contributed by atoms with Gasteiger partial charge in [0.1, 0.15) is 34.7 Å². The number of primary amides is 1. The topological polar surface area (TPSA) is 165 Å². The van der Waals surface area contributed by atoms with E-state index < -0.39 is 39.3 Å².